The van der Waals surface area contributed by atoms with Gasteiger partial charge < -0.3 is 4.90 Å². The van der Waals surface area contributed by atoms with Gasteiger partial charge in [0, 0.05) is 50.1 Å². The highest BCUT2D eigenvalue weighted by atomic mass is 32.1. The Labute approximate surface area is 159 Å². The summed E-state index contributed by atoms with van der Waals surface area (Å²) in [5.41, 5.74) is 1.18. The summed E-state index contributed by atoms with van der Waals surface area (Å²) in [6.45, 7) is 3.89. The first kappa shape index (κ1) is 17.6. The van der Waals surface area contributed by atoms with Crippen molar-refractivity contribution in [3.63, 3.8) is 0 Å². The fraction of sp³-hybridized carbons (Fsp3) is 0.550. The van der Waals surface area contributed by atoms with Crippen molar-refractivity contribution in [2.24, 2.45) is 0 Å². The largest absolute Gasteiger partial charge is 0.343 e. The molecule has 4 heterocycles. The third-order valence-corrected chi connectivity index (χ3v) is 6.35. The molecule has 26 heavy (non-hydrogen) atoms. The summed E-state index contributed by atoms with van der Waals surface area (Å²) in [6.07, 6.45) is 10.6. The number of carbonyl (C=O) groups is 1. The van der Waals surface area contributed by atoms with E-state index < -0.39 is 0 Å². The Morgan fingerprint density at radius 3 is 2.77 bits per heavy atom. The lowest BCUT2D eigenvalue weighted by Crippen LogP contribution is -2.41. The van der Waals surface area contributed by atoms with E-state index in [1.165, 1.54) is 24.8 Å². The highest BCUT2D eigenvalue weighted by molar-refractivity contribution is 7.13. The molecule has 2 aromatic heterocycles. The maximum atomic E-state index is 11.8. The van der Waals surface area contributed by atoms with Crippen molar-refractivity contribution in [1.29, 1.82) is 0 Å². The van der Waals surface area contributed by atoms with Crippen molar-refractivity contribution in [1.82, 2.24) is 19.8 Å². The third kappa shape index (κ3) is 4.13. The van der Waals surface area contributed by atoms with Gasteiger partial charge in [-0.3, -0.25) is 9.69 Å². The Hall–Kier alpha value is -1.79. The topological polar surface area (TPSA) is 49.3 Å². The van der Waals surface area contributed by atoms with Gasteiger partial charge in [-0.15, -0.1) is 11.3 Å². The minimum absolute atomic E-state index is 0.338. The van der Waals surface area contributed by atoms with Gasteiger partial charge in [0.2, 0.25) is 5.91 Å². The first-order valence-corrected chi connectivity index (χ1v) is 10.5. The predicted molar refractivity (Wildman–Crippen MR) is 104 cm³/mol. The van der Waals surface area contributed by atoms with Crippen LogP contribution >= 0.6 is 11.3 Å². The summed E-state index contributed by atoms with van der Waals surface area (Å²) < 4.78 is 0. The standard InChI is InChI=1S/C20H26N4OS/c25-19-7-3-10-23(19)11-8-17-5-1-2-9-24(17)15-16-13-21-20(22-14-16)18-6-4-12-26-18/h4,6,12-14,17H,1-3,5,7-11,15H2/t17-/m1/s1. The molecule has 6 heteroatoms. The maximum absolute atomic E-state index is 11.8. The van der Waals surface area contributed by atoms with Crippen LogP contribution in [0.5, 0.6) is 0 Å². The molecule has 0 aromatic carbocycles. The van der Waals surface area contributed by atoms with Crippen molar-refractivity contribution < 1.29 is 4.79 Å². The zero-order valence-corrected chi connectivity index (χ0v) is 16.0. The maximum Gasteiger partial charge on any atom is 0.222 e. The lowest BCUT2D eigenvalue weighted by Gasteiger charge is -2.36. The van der Waals surface area contributed by atoms with E-state index in [1.54, 1.807) is 11.3 Å². The van der Waals surface area contributed by atoms with Crippen LogP contribution in [0.3, 0.4) is 0 Å². The fourth-order valence-corrected chi connectivity index (χ4v) is 4.72. The number of likely N-dealkylation sites (tertiary alicyclic amines) is 2. The number of carbonyl (C=O) groups excluding carboxylic acids is 1. The van der Waals surface area contributed by atoms with Crippen molar-refractivity contribution in [2.45, 2.75) is 51.1 Å². The van der Waals surface area contributed by atoms with Crippen LogP contribution in [0, 0.1) is 0 Å². The van der Waals surface area contributed by atoms with Crippen LogP contribution < -0.4 is 0 Å². The van der Waals surface area contributed by atoms with E-state index in [4.69, 9.17) is 0 Å². The van der Waals surface area contributed by atoms with E-state index >= 15 is 0 Å². The molecule has 0 unspecified atom stereocenters. The Bertz CT molecular complexity index is 716. The van der Waals surface area contributed by atoms with Gasteiger partial charge in [0.25, 0.3) is 0 Å². The number of rotatable bonds is 6. The summed E-state index contributed by atoms with van der Waals surface area (Å²) in [4.78, 5) is 26.7. The van der Waals surface area contributed by atoms with Crippen molar-refractivity contribution >= 4 is 17.2 Å². The number of hydrogen-bond acceptors (Lipinski definition) is 5. The van der Waals surface area contributed by atoms with E-state index in [-0.39, 0.29) is 0 Å². The van der Waals surface area contributed by atoms with Crippen LogP contribution in [0.1, 0.15) is 44.1 Å². The van der Waals surface area contributed by atoms with Gasteiger partial charge in [-0.05, 0) is 43.7 Å². The zero-order chi connectivity index (χ0) is 17.8. The quantitative estimate of drug-likeness (QED) is 0.780. The van der Waals surface area contributed by atoms with E-state index in [1.807, 2.05) is 23.4 Å². The first-order chi connectivity index (χ1) is 12.8. The van der Waals surface area contributed by atoms with Crippen LogP contribution in [0.2, 0.25) is 0 Å². The predicted octanol–water partition coefficient (Wildman–Crippen LogP) is 3.57. The molecule has 2 aliphatic heterocycles. The van der Waals surface area contributed by atoms with Crippen LogP contribution in [0.15, 0.2) is 29.9 Å². The molecule has 1 atom stereocenters. The van der Waals surface area contributed by atoms with Gasteiger partial charge in [0.1, 0.15) is 0 Å². The molecular weight excluding hydrogens is 344 g/mol. The zero-order valence-electron chi connectivity index (χ0n) is 15.1. The summed E-state index contributed by atoms with van der Waals surface area (Å²) >= 11 is 1.67. The minimum atomic E-state index is 0.338. The average molecular weight is 371 g/mol. The first-order valence-electron chi connectivity index (χ1n) is 9.66. The van der Waals surface area contributed by atoms with E-state index in [2.05, 4.69) is 26.3 Å². The molecule has 4 rings (SSSR count). The fourth-order valence-electron chi connectivity index (χ4n) is 4.04. The summed E-state index contributed by atoms with van der Waals surface area (Å²) in [5, 5.41) is 2.05. The van der Waals surface area contributed by atoms with Crippen LogP contribution in [-0.2, 0) is 11.3 Å². The van der Waals surface area contributed by atoms with Crippen LogP contribution in [0.25, 0.3) is 10.7 Å². The summed E-state index contributed by atoms with van der Waals surface area (Å²) in [6, 6.07) is 4.65. The second kappa shape index (κ2) is 8.27. The molecular formula is C20H26N4OS. The molecule has 0 N–H and O–H groups in total. The van der Waals surface area contributed by atoms with Gasteiger partial charge in [-0.1, -0.05) is 12.5 Å². The molecule has 0 spiro atoms. The molecule has 0 radical (unpaired) electrons. The van der Waals surface area contributed by atoms with Crippen LogP contribution in [0.4, 0.5) is 0 Å². The Kier molecular flexibility index (Phi) is 5.60. The number of nitrogens with zero attached hydrogens (tertiary/aromatic N) is 4. The molecule has 2 fully saturated rings. The highest BCUT2D eigenvalue weighted by Gasteiger charge is 2.26. The summed E-state index contributed by atoms with van der Waals surface area (Å²) in [5.74, 6) is 1.15. The lowest BCUT2D eigenvalue weighted by atomic mass is 9.98. The molecule has 2 aromatic rings. The molecule has 2 saturated heterocycles. The third-order valence-electron chi connectivity index (χ3n) is 5.49. The van der Waals surface area contributed by atoms with Gasteiger partial charge in [-0.25, -0.2) is 9.97 Å². The number of thiophene rings is 1. The van der Waals surface area contributed by atoms with Crippen molar-refractivity contribution in [3.05, 3.63) is 35.5 Å². The molecule has 138 valence electrons. The van der Waals surface area contributed by atoms with E-state index in [9.17, 15) is 4.79 Å². The molecule has 2 aliphatic rings. The Balaban J connectivity index is 1.36. The molecule has 0 aliphatic carbocycles. The number of amides is 1. The molecule has 0 saturated carbocycles. The van der Waals surface area contributed by atoms with E-state index in [0.717, 1.165) is 56.1 Å². The van der Waals surface area contributed by atoms with Crippen molar-refractivity contribution in [2.75, 3.05) is 19.6 Å². The monoisotopic (exact) mass is 370 g/mol. The molecule has 0 bridgehead atoms. The molecule has 5 nitrogen and oxygen atoms in total. The average Bonchev–Trinajstić information content (AvgIpc) is 3.34. The van der Waals surface area contributed by atoms with Gasteiger partial charge in [0.05, 0.1) is 4.88 Å². The normalized spacial score (nSPS) is 21.5. The second-order valence-corrected chi connectivity index (χ2v) is 8.23. The van der Waals surface area contributed by atoms with Gasteiger partial charge in [-0.2, -0.15) is 0 Å². The van der Waals surface area contributed by atoms with Gasteiger partial charge >= 0.3 is 0 Å². The SMILES string of the molecule is O=C1CCCN1CC[C@H]1CCCCN1Cc1cnc(-c2cccs2)nc1. The minimum Gasteiger partial charge on any atom is -0.343 e. The number of piperidine rings is 1. The van der Waals surface area contributed by atoms with E-state index in [0.29, 0.717) is 11.9 Å². The number of hydrogen-bond donors (Lipinski definition) is 0. The Morgan fingerprint density at radius 2 is 2.04 bits per heavy atom. The highest BCUT2D eigenvalue weighted by Crippen LogP contribution is 2.24. The second-order valence-electron chi connectivity index (χ2n) is 7.29. The van der Waals surface area contributed by atoms with Gasteiger partial charge in [0.15, 0.2) is 5.82 Å². The Morgan fingerprint density at radius 1 is 1.15 bits per heavy atom. The molecule has 1 amide bonds. The number of aromatic nitrogens is 2. The smallest absolute Gasteiger partial charge is 0.222 e. The van der Waals surface area contributed by atoms with Crippen LogP contribution in [-0.4, -0.2) is 51.4 Å². The summed E-state index contributed by atoms with van der Waals surface area (Å²) in [7, 11) is 0. The lowest BCUT2D eigenvalue weighted by molar-refractivity contribution is -0.127. The van der Waals surface area contributed by atoms with Crippen molar-refractivity contribution in [3.8, 4) is 10.7 Å².